The van der Waals surface area contributed by atoms with Gasteiger partial charge in [-0.25, -0.2) is 4.39 Å². The van der Waals surface area contributed by atoms with Crippen LogP contribution in [0.4, 0.5) is 4.39 Å². The molecule has 2 unspecified atom stereocenters. The molecule has 0 saturated heterocycles. The summed E-state index contributed by atoms with van der Waals surface area (Å²) >= 11 is 1.51. The highest BCUT2D eigenvalue weighted by molar-refractivity contribution is 7.19. The van der Waals surface area contributed by atoms with Crippen molar-refractivity contribution in [2.75, 3.05) is 6.54 Å². The fourth-order valence-corrected chi connectivity index (χ4v) is 3.60. The van der Waals surface area contributed by atoms with E-state index in [0.29, 0.717) is 5.56 Å². The molecule has 5 heteroatoms. The Morgan fingerprint density at radius 2 is 2.00 bits per heavy atom. The van der Waals surface area contributed by atoms with E-state index >= 15 is 0 Å². The third kappa shape index (κ3) is 3.63. The topological polar surface area (TPSA) is 49.3 Å². The van der Waals surface area contributed by atoms with E-state index < -0.39 is 12.0 Å². The Morgan fingerprint density at radius 1 is 1.21 bits per heavy atom. The standard InChI is InChI=1S/C19H18FNO2S/c1-12(13-6-4-7-15(20)9-13)19(23)21-11-16(22)18-10-14-5-2-3-8-17(14)24-18/h2-10,12,16,22H,11H2,1H3,(H,21,23). The molecule has 0 aliphatic carbocycles. The third-order valence-electron chi connectivity index (χ3n) is 3.98. The van der Waals surface area contributed by atoms with Gasteiger partial charge < -0.3 is 10.4 Å². The Labute approximate surface area is 143 Å². The molecule has 3 nitrogen and oxygen atoms in total. The zero-order valence-electron chi connectivity index (χ0n) is 13.2. The number of benzene rings is 2. The van der Waals surface area contributed by atoms with E-state index in [1.54, 1.807) is 19.1 Å². The fourth-order valence-electron chi connectivity index (χ4n) is 2.54. The molecule has 3 rings (SSSR count). The molecule has 0 aliphatic heterocycles. The highest BCUT2D eigenvalue weighted by Crippen LogP contribution is 2.29. The summed E-state index contributed by atoms with van der Waals surface area (Å²) in [5.74, 6) is -1.08. The highest BCUT2D eigenvalue weighted by atomic mass is 32.1. The number of halogens is 1. The molecule has 0 aliphatic rings. The van der Waals surface area contributed by atoms with Crippen molar-refractivity contribution in [3.8, 4) is 0 Å². The van der Waals surface area contributed by atoms with Crippen LogP contribution in [0.5, 0.6) is 0 Å². The minimum atomic E-state index is -0.758. The van der Waals surface area contributed by atoms with Gasteiger partial charge in [-0.1, -0.05) is 30.3 Å². The summed E-state index contributed by atoms with van der Waals surface area (Å²) in [4.78, 5) is 13.0. The van der Waals surface area contributed by atoms with Crippen molar-refractivity contribution in [2.45, 2.75) is 18.9 Å². The number of fused-ring (bicyclic) bond motifs is 1. The van der Waals surface area contributed by atoms with Gasteiger partial charge in [0.1, 0.15) is 11.9 Å². The van der Waals surface area contributed by atoms with Gasteiger partial charge in [-0.3, -0.25) is 4.79 Å². The van der Waals surface area contributed by atoms with E-state index in [9.17, 15) is 14.3 Å². The van der Waals surface area contributed by atoms with Crippen molar-refractivity contribution in [2.24, 2.45) is 0 Å². The first-order valence-electron chi connectivity index (χ1n) is 7.74. The summed E-state index contributed by atoms with van der Waals surface area (Å²) in [6.07, 6.45) is -0.758. The van der Waals surface area contributed by atoms with Crippen LogP contribution in [0.3, 0.4) is 0 Å². The Balaban J connectivity index is 1.63. The number of carbonyl (C=O) groups excluding carboxylic acids is 1. The van der Waals surface area contributed by atoms with Gasteiger partial charge in [0.15, 0.2) is 0 Å². The number of carbonyl (C=O) groups is 1. The third-order valence-corrected chi connectivity index (χ3v) is 5.20. The number of aliphatic hydroxyl groups excluding tert-OH is 1. The molecule has 0 fully saturated rings. The first kappa shape index (κ1) is 16.6. The molecule has 24 heavy (non-hydrogen) atoms. The van der Waals surface area contributed by atoms with Gasteiger partial charge >= 0.3 is 0 Å². The van der Waals surface area contributed by atoms with Crippen molar-refractivity contribution in [3.05, 3.63) is 70.9 Å². The van der Waals surface area contributed by atoms with Gasteiger partial charge in [-0.15, -0.1) is 11.3 Å². The SMILES string of the molecule is CC(C(=O)NCC(O)c1cc2ccccc2s1)c1cccc(F)c1. The highest BCUT2D eigenvalue weighted by Gasteiger charge is 2.18. The van der Waals surface area contributed by atoms with Crippen LogP contribution >= 0.6 is 11.3 Å². The zero-order chi connectivity index (χ0) is 17.1. The van der Waals surface area contributed by atoms with E-state index in [1.807, 2.05) is 30.3 Å². The second kappa shape index (κ2) is 7.11. The molecule has 3 aromatic rings. The molecule has 1 amide bonds. The predicted molar refractivity (Wildman–Crippen MR) is 94.6 cm³/mol. The summed E-state index contributed by atoms with van der Waals surface area (Å²) < 4.78 is 14.4. The number of rotatable bonds is 5. The lowest BCUT2D eigenvalue weighted by Gasteiger charge is -2.15. The minimum Gasteiger partial charge on any atom is -0.386 e. The maximum absolute atomic E-state index is 13.3. The first-order chi connectivity index (χ1) is 11.5. The lowest BCUT2D eigenvalue weighted by atomic mass is 10.0. The van der Waals surface area contributed by atoms with E-state index in [0.717, 1.165) is 15.0 Å². The van der Waals surface area contributed by atoms with Crippen LogP contribution in [0.15, 0.2) is 54.6 Å². The molecule has 0 saturated carbocycles. The fraction of sp³-hybridized carbons (Fsp3) is 0.211. The average molecular weight is 343 g/mol. The van der Waals surface area contributed by atoms with E-state index in [-0.39, 0.29) is 18.3 Å². The van der Waals surface area contributed by atoms with Crippen molar-refractivity contribution >= 4 is 27.3 Å². The molecule has 1 heterocycles. The summed E-state index contributed by atoms with van der Waals surface area (Å²) in [6.45, 7) is 1.85. The van der Waals surface area contributed by atoms with Crippen LogP contribution in [0.25, 0.3) is 10.1 Å². The number of hydrogen-bond donors (Lipinski definition) is 2. The molecular weight excluding hydrogens is 325 g/mol. The van der Waals surface area contributed by atoms with Crippen LogP contribution in [0, 0.1) is 5.82 Å². The van der Waals surface area contributed by atoms with E-state index in [2.05, 4.69) is 5.32 Å². The number of hydrogen-bond acceptors (Lipinski definition) is 3. The molecule has 2 aromatic carbocycles. The molecular formula is C19H18FNO2S. The molecule has 2 N–H and O–H groups in total. The van der Waals surface area contributed by atoms with Crippen LogP contribution in [0.1, 0.15) is 29.4 Å². The molecule has 0 spiro atoms. The first-order valence-corrected chi connectivity index (χ1v) is 8.56. The second-order valence-electron chi connectivity index (χ2n) is 5.72. The average Bonchev–Trinajstić information content (AvgIpc) is 3.03. The number of amides is 1. The smallest absolute Gasteiger partial charge is 0.227 e. The van der Waals surface area contributed by atoms with Crippen molar-refractivity contribution < 1.29 is 14.3 Å². The maximum Gasteiger partial charge on any atom is 0.227 e. The number of thiophene rings is 1. The molecule has 124 valence electrons. The Bertz CT molecular complexity index is 828. The van der Waals surface area contributed by atoms with Crippen LogP contribution in [0.2, 0.25) is 0 Å². The molecule has 0 bridgehead atoms. The van der Waals surface area contributed by atoms with Gasteiger partial charge in [0.25, 0.3) is 0 Å². The largest absolute Gasteiger partial charge is 0.386 e. The summed E-state index contributed by atoms with van der Waals surface area (Å²) in [6, 6.07) is 15.8. The summed E-state index contributed by atoms with van der Waals surface area (Å²) in [5.41, 5.74) is 0.615. The van der Waals surface area contributed by atoms with Gasteiger partial charge in [0.05, 0.1) is 5.92 Å². The maximum atomic E-state index is 13.3. The van der Waals surface area contributed by atoms with Crippen molar-refractivity contribution in [1.82, 2.24) is 5.32 Å². The quantitative estimate of drug-likeness (QED) is 0.736. The van der Waals surface area contributed by atoms with Gasteiger partial charge in [-0.2, -0.15) is 0 Å². The molecule has 1 aromatic heterocycles. The van der Waals surface area contributed by atoms with Crippen LogP contribution < -0.4 is 5.32 Å². The van der Waals surface area contributed by atoms with Gasteiger partial charge in [0, 0.05) is 16.1 Å². The lowest BCUT2D eigenvalue weighted by Crippen LogP contribution is -2.31. The molecule has 2 atom stereocenters. The summed E-state index contributed by atoms with van der Waals surface area (Å²) in [5, 5.41) is 14.1. The second-order valence-corrected chi connectivity index (χ2v) is 6.84. The summed E-state index contributed by atoms with van der Waals surface area (Å²) in [7, 11) is 0. The Hall–Kier alpha value is -2.24. The van der Waals surface area contributed by atoms with Gasteiger partial charge in [0.2, 0.25) is 5.91 Å². The van der Waals surface area contributed by atoms with Crippen LogP contribution in [-0.4, -0.2) is 17.6 Å². The van der Waals surface area contributed by atoms with Crippen molar-refractivity contribution in [3.63, 3.8) is 0 Å². The zero-order valence-corrected chi connectivity index (χ0v) is 14.0. The van der Waals surface area contributed by atoms with Crippen molar-refractivity contribution in [1.29, 1.82) is 0 Å². The van der Waals surface area contributed by atoms with E-state index in [1.165, 1.54) is 23.5 Å². The molecule has 0 radical (unpaired) electrons. The van der Waals surface area contributed by atoms with Gasteiger partial charge in [-0.05, 0) is 42.1 Å². The van der Waals surface area contributed by atoms with Crippen LogP contribution in [-0.2, 0) is 4.79 Å². The normalized spacial score (nSPS) is 13.6. The Kier molecular flexibility index (Phi) is 4.92. The number of aliphatic hydroxyl groups is 1. The van der Waals surface area contributed by atoms with E-state index in [4.69, 9.17) is 0 Å². The predicted octanol–water partition coefficient (Wildman–Crippen LogP) is 3.99. The Morgan fingerprint density at radius 3 is 2.75 bits per heavy atom. The lowest BCUT2D eigenvalue weighted by molar-refractivity contribution is -0.122. The minimum absolute atomic E-state index is 0.130. The number of nitrogens with one attached hydrogen (secondary N) is 1. The monoisotopic (exact) mass is 343 g/mol.